The first-order valence-corrected chi connectivity index (χ1v) is 15.1. The zero-order valence-electron chi connectivity index (χ0n) is 23.6. The van der Waals surface area contributed by atoms with Crippen LogP contribution in [0.4, 0.5) is 4.79 Å². The Balaban J connectivity index is 1.67. The van der Waals surface area contributed by atoms with Crippen LogP contribution in [0.5, 0.6) is 0 Å². The van der Waals surface area contributed by atoms with Crippen molar-refractivity contribution < 1.29 is 19.4 Å². The number of carbonyl (C=O) groups excluding carboxylic acids is 1. The third kappa shape index (κ3) is 9.67. The van der Waals surface area contributed by atoms with Crippen molar-refractivity contribution in [2.75, 3.05) is 53.6 Å². The van der Waals surface area contributed by atoms with Crippen molar-refractivity contribution in [2.24, 2.45) is 11.8 Å². The third-order valence-electron chi connectivity index (χ3n) is 8.41. The van der Waals surface area contributed by atoms with Crippen LogP contribution in [0.2, 0.25) is 5.02 Å². The first-order valence-electron chi connectivity index (χ1n) is 14.7. The van der Waals surface area contributed by atoms with Crippen LogP contribution in [0, 0.1) is 11.8 Å². The lowest BCUT2D eigenvalue weighted by Crippen LogP contribution is -2.54. The first-order chi connectivity index (χ1) is 18.5. The number of urea groups is 1. The molecule has 216 valence electrons. The van der Waals surface area contributed by atoms with Gasteiger partial charge in [0, 0.05) is 64.0 Å². The van der Waals surface area contributed by atoms with Gasteiger partial charge in [-0.3, -0.25) is 0 Å². The van der Waals surface area contributed by atoms with Gasteiger partial charge in [0.25, 0.3) is 0 Å². The van der Waals surface area contributed by atoms with Crippen LogP contribution in [0.25, 0.3) is 0 Å². The smallest absolute Gasteiger partial charge is 0.317 e. The molecule has 1 saturated heterocycles. The maximum Gasteiger partial charge on any atom is 0.317 e. The molecule has 0 radical (unpaired) electrons. The third-order valence-corrected chi connectivity index (χ3v) is 8.64. The summed E-state index contributed by atoms with van der Waals surface area (Å²) in [5.74, 6) is 0.618. The van der Waals surface area contributed by atoms with E-state index in [1.807, 2.05) is 29.2 Å². The van der Waals surface area contributed by atoms with Gasteiger partial charge in [-0.2, -0.15) is 0 Å². The Kier molecular flexibility index (Phi) is 13.7. The van der Waals surface area contributed by atoms with E-state index in [-0.39, 0.29) is 18.0 Å². The van der Waals surface area contributed by atoms with Crippen LogP contribution in [0.1, 0.15) is 76.2 Å². The molecule has 3 unspecified atom stereocenters. The Morgan fingerprint density at radius 3 is 2.66 bits per heavy atom. The number of unbranched alkanes of at least 4 members (excludes halogenated alkanes) is 1. The fraction of sp³-hybridized carbons (Fsp3) is 0.767. The molecule has 2 fully saturated rings. The van der Waals surface area contributed by atoms with Gasteiger partial charge in [0.1, 0.15) is 0 Å². The van der Waals surface area contributed by atoms with E-state index in [1.54, 1.807) is 14.2 Å². The van der Waals surface area contributed by atoms with Crippen LogP contribution in [0.15, 0.2) is 24.3 Å². The number of piperidine rings is 1. The van der Waals surface area contributed by atoms with E-state index >= 15 is 0 Å². The van der Waals surface area contributed by atoms with Crippen LogP contribution in [0.3, 0.4) is 0 Å². The lowest BCUT2D eigenvalue weighted by Gasteiger charge is -2.43. The minimum atomic E-state index is -1.04. The Morgan fingerprint density at radius 2 is 1.92 bits per heavy atom. The summed E-state index contributed by atoms with van der Waals surface area (Å²) in [4.78, 5) is 15.5. The Hall–Kier alpha value is -1.38. The number of halogens is 1. The van der Waals surface area contributed by atoms with Crippen molar-refractivity contribution in [1.82, 2.24) is 15.5 Å². The van der Waals surface area contributed by atoms with E-state index in [0.29, 0.717) is 43.7 Å². The van der Waals surface area contributed by atoms with E-state index in [2.05, 4.69) is 10.6 Å². The van der Waals surface area contributed by atoms with Crippen molar-refractivity contribution in [1.29, 1.82) is 0 Å². The molecule has 3 rings (SSSR count). The zero-order valence-corrected chi connectivity index (χ0v) is 24.3. The number of ether oxygens (including phenoxy) is 2. The highest BCUT2D eigenvalue weighted by atomic mass is 35.5. The molecule has 3 N–H and O–H groups in total. The fourth-order valence-electron chi connectivity index (χ4n) is 6.27. The summed E-state index contributed by atoms with van der Waals surface area (Å²) >= 11 is 6.33. The van der Waals surface area contributed by atoms with Gasteiger partial charge in [-0.25, -0.2) is 4.79 Å². The molecular formula is C30H50ClN3O4. The van der Waals surface area contributed by atoms with E-state index in [0.717, 1.165) is 50.8 Å². The number of aliphatic hydroxyl groups is 1. The summed E-state index contributed by atoms with van der Waals surface area (Å²) in [5, 5.41) is 19.5. The molecule has 2 amide bonds. The van der Waals surface area contributed by atoms with Gasteiger partial charge in [0.15, 0.2) is 0 Å². The van der Waals surface area contributed by atoms with Crippen LogP contribution in [-0.4, -0.2) is 75.7 Å². The zero-order chi connectivity index (χ0) is 27.2. The van der Waals surface area contributed by atoms with Crippen LogP contribution in [-0.2, 0) is 15.1 Å². The molecule has 1 heterocycles. The quantitative estimate of drug-likeness (QED) is 0.256. The number of nitrogens with zero attached hydrogens (tertiary/aromatic N) is 1. The summed E-state index contributed by atoms with van der Waals surface area (Å²) < 4.78 is 10.4. The predicted molar refractivity (Wildman–Crippen MR) is 154 cm³/mol. The van der Waals surface area contributed by atoms with Crippen LogP contribution >= 0.6 is 11.6 Å². The van der Waals surface area contributed by atoms with Crippen molar-refractivity contribution in [3.63, 3.8) is 0 Å². The SMILES string of the molecule is COCCCCC(O)(c1cccc(Cl)c1)C1CCCN(C(=O)NC(CNCCOC)CC2CCCCC2)C1. The average molecular weight is 552 g/mol. The summed E-state index contributed by atoms with van der Waals surface area (Å²) in [7, 11) is 3.41. The molecule has 0 aromatic heterocycles. The standard InChI is InChI=1S/C30H50ClN3O4/c1-37-18-7-6-15-30(36,25-12-8-14-27(31)21-25)26-13-9-17-34(23-26)29(35)33-28(22-32-16-19-38-2)20-24-10-4-3-5-11-24/h8,12,14,21,24,26,28,32,36H,3-7,9-11,13,15-20,22-23H2,1-2H3,(H,33,35). The molecule has 1 saturated carbocycles. The molecule has 38 heavy (non-hydrogen) atoms. The Morgan fingerprint density at radius 1 is 1.13 bits per heavy atom. The molecule has 3 atom stereocenters. The number of rotatable bonds is 15. The Labute approximate surface area is 235 Å². The predicted octanol–water partition coefficient (Wildman–Crippen LogP) is 5.34. The maximum absolute atomic E-state index is 13.5. The monoisotopic (exact) mass is 551 g/mol. The van der Waals surface area contributed by atoms with E-state index in [4.69, 9.17) is 21.1 Å². The maximum atomic E-state index is 13.5. The lowest BCUT2D eigenvalue weighted by molar-refractivity contribution is -0.0564. The molecule has 1 aromatic rings. The van der Waals surface area contributed by atoms with E-state index < -0.39 is 5.60 Å². The number of carbonyl (C=O) groups is 1. The summed E-state index contributed by atoms with van der Waals surface area (Å²) in [6.45, 7) is 4.09. The van der Waals surface area contributed by atoms with Crippen molar-refractivity contribution >= 4 is 17.6 Å². The second-order valence-corrected chi connectivity index (χ2v) is 11.7. The van der Waals surface area contributed by atoms with Gasteiger partial charge in [-0.05, 0) is 62.1 Å². The molecule has 7 nitrogen and oxygen atoms in total. The van der Waals surface area contributed by atoms with Crippen molar-refractivity contribution in [2.45, 2.75) is 82.3 Å². The number of nitrogens with one attached hydrogen (secondary N) is 2. The highest BCUT2D eigenvalue weighted by Gasteiger charge is 2.41. The minimum absolute atomic E-state index is 0.0168. The van der Waals surface area contributed by atoms with Gasteiger partial charge >= 0.3 is 6.03 Å². The number of hydrogen-bond donors (Lipinski definition) is 3. The minimum Gasteiger partial charge on any atom is -0.385 e. The normalized spacial score (nSPS) is 21.2. The molecule has 2 aliphatic rings. The lowest BCUT2D eigenvalue weighted by atomic mass is 9.74. The number of methoxy groups -OCH3 is 2. The van der Waals surface area contributed by atoms with Crippen LogP contribution < -0.4 is 10.6 Å². The Bertz CT molecular complexity index is 822. The topological polar surface area (TPSA) is 83.1 Å². The van der Waals surface area contributed by atoms with E-state index in [1.165, 1.54) is 32.1 Å². The second kappa shape index (κ2) is 16.7. The number of hydrogen-bond acceptors (Lipinski definition) is 5. The van der Waals surface area contributed by atoms with Crippen molar-refractivity contribution in [3.05, 3.63) is 34.9 Å². The van der Waals surface area contributed by atoms with Gasteiger partial charge in [0.05, 0.1) is 12.2 Å². The first kappa shape index (κ1) is 31.2. The summed E-state index contributed by atoms with van der Waals surface area (Å²) in [6, 6.07) is 7.65. The van der Waals surface area contributed by atoms with Gasteiger partial charge < -0.3 is 30.1 Å². The van der Waals surface area contributed by atoms with Crippen molar-refractivity contribution in [3.8, 4) is 0 Å². The van der Waals surface area contributed by atoms with E-state index in [9.17, 15) is 9.90 Å². The number of likely N-dealkylation sites (tertiary alicyclic amines) is 1. The molecule has 1 aliphatic heterocycles. The molecule has 8 heteroatoms. The fourth-order valence-corrected chi connectivity index (χ4v) is 6.46. The average Bonchev–Trinajstić information content (AvgIpc) is 2.94. The van der Waals surface area contributed by atoms with Gasteiger partial charge in [-0.1, -0.05) is 55.8 Å². The highest BCUT2D eigenvalue weighted by molar-refractivity contribution is 6.30. The number of benzene rings is 1. The van der Waals surface area contributed by atoms with Gasteiger partial charge in [0.2, 0.25) is 0 Å². The molecule has 1 aromatic carbocycles. The molecule has 1 aliphatic carbocycles. The highest BCUT2D eigenvalue weighted by Crippen LogP contribution is 2.40. The van der Waals surface area contributed by atoms with Gasteiger partial charge in [-0.15, -0.1) is 0 Å². The molecular weight excluding hydrogens is 502 g/mol. The summed E-state index contributed by atoms with van der Waals surface area (Å²) in [5.41, 5.74) is -0.201. The molecule has 0 bridgehead atoms. The summed E-state index contributed by atoms with van der Waals surface area (Å²) in [6.07, 6.45) is 11.5. The molecule has 0 spiro atoms. The largest absolute Gasteiger partial charge is 0.385 e. The second-order valence-electron chi connectivity index (χ2n) is 11.3. The number of amides is 2.